The lowest BCUT2D eigenvalue weighted by atomic mass is 10.1. The summed E-state index contributed by atoms with van der Waals surface area (Å²) >= 11 is 0. The number of aryl methyl sites for hydroxylation is 1. The summed E-state index contributed by atoms with van der Waals surface area (Å²) in [6.07, 6.45) is 3.86. The molecule has 4 rings (SSSR count). The van der Waals surface area contributed by atoms with Gasteiger partial charge in [0.25, 0.3) is 0 Å². The summed E-state index contributed by atoms with van der Waals surface area (Å²) < 4.78 is 19.5. The fourth-order valence-corrected chi connectivity index (χ4v) is 4.30. The van der Waals surface area contributed by atoms with Gasteiger partial charge in [-0.15, -0.1) is 0 Å². The number of hydrogen-bond donors (Lipinski definition) is 0. The van der Waals surface area contributed by atoms with Gasteiger partial charge in [-0.3, -0.25) is 4.79 Å². The molecule has 0 N–H and O–H groups in total. The average Bonchev–Trinajstić information content (AvgIpc) is 3.18. The van der Waals surface area contributed by atoms with Crippen LogP contribution in [0.15, 0.2) is 48.5 Å². The normalized spacial score (nSPS) is 18.7. The van der Waals surface area contributed by atoms with Gasteiger partial charge >= 0.3 is 0 Å². The molecular weight excluding hydrogens is 355 g/mol. The van der Waals surface area contributed by atoms with E-state index in [0.717, 1.165) is 43.9 Å². The molecule has 0 aliphatic carbocycles. The molecule has 0 spiro atoms. The fraction of sp³-hybridized carbons (Fsp3) is 0.435. The molecule has 2 heterocycles. The summed E-state index contributed by atoms with van der Waals surface area (Å²) in [6.45, 7) is 3.21. The predicted molar refractivity (Wildman–Crippen MR) is 108 cm³/mol. The Bertz CT molecular complexity index is 826. The molecular formula is C23H27FN2O2. The number of rotatable bonds is 6. The van der Waals surface area contributed by atoms with Crippen molar-refractivity contribution in [2.24, 2.45) is 0 Å². The largest absolute Gasteiger partial charge is 0.490 e. The van der Waals surface area contributed by atoms with Gasteiger partial charge in [0.15, 0.2) is 0 Å². The molecule has 1 fully saturated rings. The molecule has 0 bridgehead atoms. The third kappa shape index (κ3) is 4.13. The van der Waals surface area contributed by atoms with E-state index in [1.807, 2.05) is 29.2 Å². The summed E-state index contributed by atoms with van der Waals surface area (Å²) in [6, 6.07) is 15.2. The topological polar surface area (TPSA) is 32.8 Å². The number of para-hydroxylation sites is 2. The minimum atomic E-state index is -0.181. The monoisotopic (exact) mass is 382 g/mol. The lowest BCUT2D eigenvalue weighted by Crippen LogP contribution is -2.45. The average molecular weight is 382 g/mol. The van der Waals surface area contributed by atoms with Crippen LogP contribution in [-0.4, -0.2) is 43.1 Å². The van der Waals surface area contributed by atoms with Gasteiger partial charge in [-0.25, -0.2) is 4.39 Å². The number of hydrogen-bond acceptors (Lipinski definition) is 3. The number of likely N-dealkylation sites (tertiary alicyclic amines) is 1. The van der Waals surface area contributed by atoms with Crippen molar-refractivity contribution in [3.63, 3.8) is 0 Å². The quantitative estimate of drug-likeness (QED) is 0.756. The Balaban J connectivity index is 1.33. The smallest absolute Gasteiger partial charge is 0.222 e. The van der Waals surface area contributed by atoms with E-state index in [4.69, 9.17) is 4.74 Å². The lowest BCUT2D eigenvalue weighted by molar-refractivity contribution is -0.131. The van der Waals surface area contributed by atoms with Crippen LogP contribution >= 0.6 is 0 Å². The molecule has 5 heteroatoms. The predicted octanol–water partition coefficient (Wildman–Crippen LogP) is 4.04. The van der Waals surface area contributed by atoms with Crippen LogP contribution in [0.3, 0.4) is 0 Å². The first-order chi connectivity index (χ1) is 13.7. The molecule has 2 aromatic carbocycles. The van der Waals surface area contributed by atoms with Crippen molar-refractivity contribution in [3.05, 3.63) is 59.9 Å². The van der Waals surface area contributed by atoms with E-state index in [2.05, 4.69) is 11.0 Å². The highest BCUT2D eigenvalue weighted by Crippen LogP contribution is 2.32. The van der Waals surface area contributed by atoms with Gasteiger partial charge in [0.05, 0.1) is 12.2 Å². The number of ether oxygens (including phenoxy) is 1. The van der Waals surface area contributed by atoms with E-state index in [0.29, 0.717) is 31.4 Å². The Hall–Kier alpha value is -2.56. The van der Waals surface area contributed by atoms with E-state index < -0.39 is 0 Å². The van der Waals surface area contributed by atoms with Gasteiger partial charge in [0, 0.05) is 25.6 Å². The first-order valence-corrected chi connectivity index (χ1v) is 10.2. The number of carbonyl (C=O) groups is 1. The summed E-state index contributed by atoms with van der Waals surface area (Å²) in [7, 11) is 0. The Morgan fingerprint density at radius 2 is 1.93 bits per heavy atom. The zero-order valence-corrected chi connectivity index (χ0v) is 16.1. The minimum absolute atomic E-state index is 0.181. The Labute approximate surface area is 165 Å². The van der Waals surface area contributed by atoms with Crippen LogP contribution in [0.5, 0.6) is 5.75 Å². The minimum Gasteiger partial charge on any atom is -0.490 e. The van der Waals surface area contributed by atoms with Crippen molar-refractivity contribution in [1.82, 2.24) is 4.90 Å². The van der Waals surface area contributed by atoms with Gasteiger partial charge in [0.1, 0.15) is 18.2 Å². The zero-order valence-electron chi connectivity index (χ0n) is 16.1. The molecule has 1 atom stereocenters. The van der Waals surface area contributed by atoms with E-state index in [9.17, 15) is 9.18 Å². The number of fused-ring (bicyclic) bond motifs is 1. The number of halogens is 1. The molecule has 4 nitrogen and oxygen atoms in total. The number of carbonyl (C=O) groups excluding carboxylic acids is 1. The van der Waals surface area contributed by atoms with E-state index in [1.54, 1.807) is 12.1 Å². The zero-order chi connectivity index (χ0) is 19.3. The highest BCUT2D eigenvalue weighted by molar-refractivity contribution is 5.77. The molecule has 1 saturated heterocycles. The maximum Gasteiger partial charge on any atom is 0.222 e. The van der Waals surface area contributed by atoms with Crippen LogP contribution < -0.4 is 9.64 Å². The number of anilines is 1. The highest BCUT2D eigenvalue weighted by atomic mass is 19.1. The van der Waals surface area contributed by atoms with E-state index in [-0.39, 0.29) is 17.8 Å². The van der Waals surface area contributed by atoms with E-state index >= 15 is 0 Å². The highest BCUT2D eigenvalue weighted by Gasteiger charge is 2.31. The third-order valence-electron chi connectivity index (χ3n) is 5.75. The second-order valence-corrected chi connectivity index (χ2v) is 7.59. The number of benzene rings is 2. The van der Waals surface area contributed by atoms with Crippen LogP contribution in [0.1, 0.15) is 31.2 Å². The second kappa shape index (κ2) is 8.63. The molecule has 2 aliphatic heterocycles. The molecule has 2 aliphatic rings. The first kappa shape index (κ1) is 18.8. The van der Waals surface area contributed by atoms with Crippen molar-refractivity contribution in [2.45, 2.75) is 38.1 Å². The van der Waals surface area contributed by atoms with Gasteiger partial charge in [0.2, 0.25) is 5.91 Å². The van der Waals surface area contributed by atoms with E-state index in [1.165, 1.54) is 6.07 Å². The first-order valence-electron chi connectivity index (χ1n) is 10.2. The lowest BCUT2D eigenvalue weighted by Gasteiger charge is -2.35. The Kier molecular flexibility index (Phi) is 5.79. The van der Waals surface area contributed by atoms with Crippen molar-refractivity contribution in [2.75, 3.05) is 31.1 Å². The molecule has 148 valence electrons. The Morgan fingerprint density at radius 1 is 1.11 bits per heavy atom. The number of amides is 1. The van der Waals surface area contributed by atoms with Crippen LogP contribution in [0.25, 0.3) is 0 Å². The fourth-order valence-electron chi connectivity index (χ4n) is 4.30. The van der Waals surface area contributed by atoms with Crippen LogP contribution in [-0.2, 0) is 11.2 Å². The van der Waals surface area contributed by atoms with Crippen LogP contribution in [0, 0.1) is 5.82 Å². The van der Waals surface area contributed by atoms with Crippen LogP contribution in [0.2, 0.25) is 0 Å². The van der Waals surface area contributed by atoms with Gasteiger partial charge < -0.3 is 14.5 Å². The van der Waals surface area contributed by atoms with Crippen molar-refractivity contribution in [1.29, 1.82) is 0 Å². The second-order valence-electron chi connectivity index (χ2n) is 7.59. The van der Waals surface area contributed by atoms with Gasteiger partial charge in [-0.1, -0.05) is 30.3 Å². The number of nitrogens with zero attached hydrogens (tertiary/aromatic N) is 2. The van der Waals surface area contributed by atoms with Crippen LogP contribution in [0.4, 0.5) is 10.1 Å². The van der Waals surface area contributed by atoms with Crippen molar-refractivity contribution >= 4 is 11.6 Å². The summed E-state index contributed by atoms with van der Waals surface area (Å²) in [4.78, 5) is 17.2. The third-order valence-corrected chi connectivity index (χ3v) is 5.75. The maximum atomic E-state index is 13.7. The summed E-state index contributed by atoms with van der Waals surface area (Å²) in [5.41, 5.74) is 1.81. The summed E-state index contributed by atoms with van der Waals surface area (Å²) in [5.74, 6) is 0.940. The SMILES string of the molecule is O=C(CCCc1ccccc1F)N1CCCC1CN1CCOc2ccccc21. The standard InChI is InChI=1S/C23H27FN2O2/c24-20-10-2-1-7-18(20)8-5-13-23(27)26-14-6-9-19(26)17-25-15-16-28-22-12-4-3-11-21(22)25/h1-4,7,10-12,19H,5-6,8-9,13-17H2. The molecule has 0 saturated carbocycles. The summed E-state index contributed by atoms with van der Waals surface area (Å²) in [5, 5.41) is 0. The Morgan fingerprint density at radius 3 is 2.82 bits per heavy atom. The molecule has 1 amide bonds. The van der Waals surface area contributed by atoms with Gasteiger partial charge in [-0.2, -0.15) is 0 Å². The van der Waals surface area contributed by atoms with Crippen molar-refractivity contribution < 1.29 is 13.9 Å². The molecule has 0 radical (unpaired) electrons. The molecule has 28 heavy (non-hydrogen) atoms. The molecule has 0 aromatic heterocycles. The molecule has 1 unspecified atom stereocenters. The maximum absolute atomic E-state index is 13.7. The van der Waals surface area contributed by atoms with Gasteiger partial charge in [-0.05, 0) is 49.4 Å². The van der Waals surface area contributed by atoms with Crippen molar-refractivity contribution in [3.8, 4) is 5.75 Å². The molecule has 2 aromatic rings.